The first-order valence-electron chi connectivity index (χ1n) is 9.17. The van der Waals surface area contributed by atoms with Gasteiger partial charge in [-0.3, -0.25) is 4.79 Å². The van der Waals surface area contributed by atoms with Crippen LogP contribution in [0.5, 0.6) is 11.5 Å². The molecule has 0 saturated carbocycles. The summed E-state index contributed by atoms with van der Waals surface area (Å²) in [6.07, 6.45) is 1.49. The van der Waals surface area contributed by atoms with Gasteiger partial charge >= 0.3 is 0 Å². The molecule has 0 spiro atoms. The molecule has 7 nitrogen and oxygen atoms in total. The second-order valence-electron chi connectivity index (χ2n) is 6.19. The molecule has 156 valence electrons. The lowest BCUT2D eigenvalue weighted by atomic mass is 10.2. The standard InChI is InChI=1S/C21H21FN4O3S/c1-3-28-18-10-14(11-24-26-20(27)19-13(2)25-21(23)30-19)8-9-17(18)29-12-15-6-4-5-7-16(15)22/h4-11H,3,12H2,1-2H3,(H2,23,25)(H,26,27). The van der Waals surface area contributed by atoms with Crippen molar-refractivity contribution in [2.45, 2.75) is 20.5 Å². The Morgan fingerprint density at radius 2 is 2.07 bits per heavy atom. The van der Waals surface area contributed by atoms with Gasteiger partial charge in [-0.25, -0.2) is 14.8 Å². The summed E-state index contributed by atoms with van der Waals surface area (Å²) in [6, 6.07) is 11.6. The third kappa shape index (κ3) is 5.32. The number of carbonyl (C=O) groups is 1. The number of thiazole rings is 1. The molecule has 3 aromatic rings. The van der Waals surface area contributed by atoms with Crippen molar-refractivity contribution in [2.75, 3.05) is 12.3 Å². The SMILES string of the molecule is CCOc1cc(C=NNC(=O)c2sc(N)nc2C)ccc1OCc1ccccc1F. The Hall–Kier alpha value is -3.46. The van der Waals surface area contributed by atoms with E-state index in [0.717, 1.165) is 11.3 Å². The van der Waals surface area contributed by atoms with Gasteiger partial charge in [0.1, 0.15) is 17.3 Å². The number of anilines is 1. The molecule has 0 aliphatic rings. The van der Waals surface area contributed by atoms with E-state index in [9.17, 15) is 9.18 Å². The van der Waals surface area contributed by atoms with Crippen molar-refractivity contribution in [1.82, 2.24) is 10.4 Å². The van der Waals surface area contributed by atoms with Crippen molar-refractivity contribution in [3.63, 3.8) is 0 Å². The fourth-order valence-corrected chi connectivity index (χ4v) is 3.33. The monoisotopic (exact) mass is 428 g/mol. The van der Waals surface area contributed by atoms with E-state index >= 15 is 0 Å². The normalized spacial score (nSPS) is 10.9. The molecular weight excluding hydrogens is 407 g/mol. The topological polar surface area (TPSA) is 98.8 Å². The van der Waals surface area contributed by atoms with Crippen LogP contribution in [0.2, 0.25) is 0 Å². The highest BCUT2D eigenvalue weighted by Crippen LogP contribution is 2.29. The number of aryl methyl sites for hydroxylation is 1. The van der Waals surface area contributed by atoms with Crippen LogP contribution in [-0.4, -0.2) is 23.7 Å². The molecule has 2 aromatic carbocycles. The average Bonchev–Trinajstić information content (AvgIpc) is 3.07. The summed E-state index contributed by atoms with van der Waals surface area (Å²) in [5.74, 6) is 0.271. The summed E-state index contributed by atoms with van der Waals surface area (Å²) in [5.41, 5.74) is 9.76. The third-order valence-corrected chi connectivity index (χ3v) is 4.99. The van der Waals surface area contributed by atoms with Crippen LogP contribution < -0.4 is 20.6 Å². The van der Waals surface area contributed by atoms with Crippen LogP contribution in [0.1, 0.15) is 33.4 Å². The van der Waals surface area contributed by atoms with E-state index in [1.54, 1.807) is 43.3 Å². The van der Waals surface area contributed by atoms with E-state index in [0.29, 0.717) is 44.9 Å². The highest BCUT2D eigenvalue weighted by molar-refractivity contribution is 7.17. The molecule has 0 fully saturated rings. The molecule has 0 radical (unpaired) electrons. The predicted molar refractivity (Wildman–Crippen MR) is 115 cm³/mol. The minimum absolute atomic E-state index is 0.0770. The van der Waals surface area contributed by atoms with Crippen LogP contribution in [0.3, 0.4) is 0 Å². The maximum atomic E-state index is 13.8. The van der Waals surface area contributed by atoms with E-state index in [4.69, 9.17) is 15.2 Å². The smallest absolute Gasteiger partial charge is 0.283 e. The molecule has 3 N–H and O–H groups in total. The molecule has 1 amide bonds. The Morgan fingerprint density at radius 3 is 2.77 bits per heavy atom. The summed E-state index contributed by atoms with van der Waals surface area (Å²) in [7, 11) is 0. The summed E-state index contributed by atoms with van der Waals surface area (Å²) < 4.78 is 25.1. The minimum atomic E-state index is -0.382. The molecular formula is C21H21FN4O3S. The number of hydrogen-bond acceptors (Lipinski definition) is 7. The maximum Gasteiger partial charge on any atom is 0.283 e. The van der Waals surface area contributed by atoms with Crippen LogP contribution >= 0.6 is 11.3 Å². The Kier molecular flexibility index (Phi) is 6.97. The van der Waals surface area contributed by atoms with Crippen molar-refractivity contribution in [3.05, 3.63) is 70.0 Å². The van der Waals surface area contributed by atoms with Crippen molar-refractivity contribution in [3.8, 4) is 11.5 Å². The molecule has 0 atom stereocenters. The van der Waals surface area contributed by atoms with Gasteiger partial charge in [0.25, 0.3) is 5.91 Å². The Balaban J connectivity index is 1.68. The molecule has 1 aromatic heterocycles. The number of halogens is 1. The predicted octanol–water partition coefficient (Wildman–Crippen LogP) is 3.91. The molecule has 0 unspecified atom stereocenters. The Bertz CT molecular complexity index is 1070. The second-order valence-corrected chi connectivity index (χ2v) is 7.22. The van der Waals surface area contributed by atoms with Gasteiger partial charge in [0.15, 0.2) is 16.6 Å². The Morgan fingerprint density at radius 1 is 1.27 bits per heavy atom. The molecule has 0 bridgehead atoms. The van der Waals surface area contributed by atoms with Crippen LogP contribution in [0.15, 0.2) is 47.6 Å². The lowest BCUT2D eigenvalue weighted by molar-refractivity contribution is 0.0958. The second kappa shape index (κ2) is 9.84. The highest BCUT2D eigenvalue weighted by atomic mass is 32.1. The van der Waals surface area contributed by atoms with Crippen molar-refractivity contribution < 1.29 is 18.7 Å². The summed E-state index contributed by atoms with van der Waals surface area (Å²) in [4.78, 5) is 16.6. The lowest BCUT2D eigenvalue weighted by Gasteiger charge is -2.13. The zero-order valence-corrected chi connectivity index (χ0v) is 17.3. The van der Waals surface area contributed by atoms with Gasteiger partial charge in [0, 0.05) is 5.56 Å². The molecule has 9 heteroatoms. The largest absolute Gasteiger partial charge is 0.490 e. The zero-order valence-electron chi connectivity index (χ0n) is 16.5. The number of nitrogens with two attached hydrogens (primary N) is 1. The maximum absolute atomic E-state index is 13.8. The minimum Gasteiger partial charge on any atom is -0.490 e. The Labute approximate surface area is 177 Å². The molecule has 1 heterocycles. The average molecular weight is 428 g/mol. The number of aromatic nitrogens is 1. The first-order valence-corrected chi connectivity index (χ1v) is 9.99. The first kappa shape index (κ1) is 21.3. The van der Waals surface area contributed by atoms with E-state index in [1.807, 2.05) is 6.92 Å². The zero-order chi connectivity index (χ0) is 21.5. The van der Waals surface area contributed by atoms with Crippen LogP contribution in [0.25, 0.3) is 0 Å². The molecule has 0 aliphatic heterocycles. The van der Waals surface area contributed by atoms with Gasteiger partial charge in [-0.15, -0.1) is 0 Å². The number of amides is 1. The van der Waals surface area contributed by atoms with Gasteiger partial charge in [-0.1, -0.05) is 29.5 Å². The number of hydrogen-bond donors (Lipinski definition) is 2. The van der Waals surface area contributed by atoms with Crippen molar-refractivity contribution in [2.24, 2.45) is 5.10 Å². The fraction of sp³-hybridized carbons (Fsp3) is 0.190. The van der Waals surface area contributed by atoms with Gasteiger partial charge < -0.3 is 15.2 Å². The van der Waals surface area contributed by atoms with E-state index in [2.05, 4.69) is 15.5 Å². The molecule has 3 rings (SSSR count). The van der Waals surface area contributed by atoms with E-state index in [-0.39, 0.29) is 18.3 Å². The third-order valence-electron chi connectivity index (χ3n) is 4.01. The number of benzene rings is 2. The molecule has 0 aliphatic carbocycles. The highest BCUT2D eigenvalue weighted by Gasteiger charge is 2.13. The van der Waals surface area contributed by atoms with Gasteiger partial charge in [0.05, 0.1) is 18.5 Å². The van der Waals surface area contributed by atoms with Crippen LogP contribution in [-0.2, 0) is 6.61 Å². The summed E-state index contributed by atoms with van der Waals surface area (Å²) in [6.45, 7) is 4.07. The van der Waals surface area contributed by atoms with E-state index in [1.165, 1.54) is 12.3 Å². The van der Waals surface area contributed by atoms with Gasteiger partial charge in [-0.05, 0) is 43.7 Å². The van der Waals surface area contributed by atoms with Crippen molar-refractivity contribution in [1.29, 1.82) is 0 Å². The van der Waals surface area contributed by atoms with E-state index < -0.39 is 0 Å². The van der Waals surface area contributed by atoms with Gasteiger partial charge in [-0.2, -0.15) is 5.10 Å². The summed E-state index contributed by atoms with van der Waals surface area (Å²) in [5, 5.41) is 4.30. The van der Waals surface area contributed by atoms with Crippen LogP contribution in [0.4, 0.5) is 9.52 Å². The van der Waals surface area contributed by atoms with Crippen molar-refractivity contribution >= 4 is 28.6 Å². The van der Waals surface area contributed by atoms with Gasteiger partial charge in [0.2, 0.25) is 0 Å². The number of rotatable bonds is 8. The quantitative estimate of drug-likeness (QED) is 0.419. The summed E-state index contributed by atoms with van der Waals surface area (Å²) >= 11 is 1.10. The number of nitrogens with zero attached hydrogens (tertiary/aromatic N) is 2. The lowest BCUT2D eigenvalue weighted by Crippen LogP contribution is -2.17. The molecule has 30 heavy (non-hydrogen) atoms. The fourth-order valence-electron chi connectivity index (χ4n) is 2.61. The number of hydrazone groups is 1. The number of nitrogen functional groups attached to an aromatic ring is 1. The first-order chi connectivity index (χ1) is 14.5. The number of ether oxygens (including phenoxy) is 2. The molecule has 0 saturated heterocycles. The van der Waals surface area contributed by atoms with Crippen LogP contribution in [0, 0.1) is 12.7 Å². The number of carbonyl (C=O) groups excluding carboxylic acids is 1. The number of nitrogens with one attached hydrogen (secondary N) is 1.